The van der Waals surface area contributed by atoms with Crippen molar-refractivity contribution in [2.75, 3.05) is 19.6 Å². The van der Waals surface area contributed by atoms with Crippen LogP contribution in [-0.4, -0.2) is 53.8 Å². The van der Waals surface area contributed by atoms with Gasteiger partial charge in [0.1, 0.15) is 6.04 Å². The molecule has 2 aliphatic heterocycles. The molecular weight excluding hydrogens is 292 g/mol. The van der Waals surface area contributed by atoms with Crippen molar-refractivity contribution >= 4 is 16.2 Å². The topological polar surface area (TPSA) is 77.9 Å². The molecule has 122 valence electrons. The maximum Gasteiger partial charge on any atom is 0.322 e. The molecule has 3 atom stereocenters. The van der Waals surface area contributed by atoms with Crippen LogP contribution in [0.3, 0.4) is 0 Å². The van der Waals surface area contributed by atoms with Crippen molar-refractivity contribution in [3.05, 3.63) is 0 Å². The summed E-state index contributed by atoms with van der Waals surface area (Å²) in [7, 11) is -3.66. The first-order valence-electron chi connectivity index (χ1n) is 7.86. The smallest absolute Gasteiger partial charge is 0.322 e. The van der Waals surface area contributed by atoms with E-state index in [-0.39, 0.29) is 0 Å². The maximum absolute atomic E-state index is 12.8. The molecule has 3 unspecified atom stereocenters. The quantitative estimate of drug-likeness (QED) is 0.853. The highest BCUT2D eigenvalue weighted by atomic mass is 32.2. The molecule has 0 radical (unpaired) electrons. The monoisotopic (exact) mass is 318 g/mol. The van der Waals surface area contributed by atoms with Gasteiger partial charge in [-0.25, -0.2) is 0 Å². The van der Waals surface area contributed by atoms with Crippen LogP contribution in [0.5, 0.6) is 0 Å². The fourth-order valence-electron chi connectivity index (χ4n) is 3.39. The Bertz CT molecular complexity index is 479. The molecule has 0 bridgehead atoms. The van der Waals surface area contributed by atoms with Gasteiger partial charge in [0.2, 0.25) is 0 Å². The second-order valence-electron chi connectivity index (χ2n) is 6.38. The number of carboxylic acids is 1. The van der Waals surface area contributed by atoms with Crippen LogP contribution in [0.15, 0.2) is 0 Å². The minimum atomic E-state index is -3.66. The average molecular weight is 318 g/mol. The molecule has 2 saturated heterocycles. The number of carbonyl (C=O) groups is 1. The summed E-state index contributed by atoms with van der Waals surface area (Å²) in [6.07, 6.45) is 3.96. The van der Waals surface area contributed by atoms with Crippen LogP contribution >= 0.6 is 0 Å². The first kappa shape index (κ1) is 16.7. The van der Waals surface area contributed by atoms with Crippen LogP contribution in [0.4, 0.5) is 0 Å². The minimum absolute atomic E-state index is 0.304. The molecule has 0 saturated carbocycles. The average Bonchev–Trinajstić information content (AvgIpc) is 2.46. The second-order valence-corrected chi connectivity index (χ2v) is 8.26. The van der Waals surface area contributed by atoms with Gasteiger partial charge in [0.25, 0.3) is 10.2 Å². The van der Waals surface area contributed by atoms with Gasteiger partial charge in [-0.05, 0) is 37.5 Å². The molecule has 0 aromatic rings. The molecule has 0 amide bonds. The van der Waals surface area contributed by atoms with Crippen LogP contribution < -0.4 is 0 Å². The van der Waals surface area contributed by atoms with Gasteiger partial charge in [-0.15, -0.1) is 0 Å². The summed E-state index contributed by atoms with van der Waals surface area (Å²) in [6, 6.07) is -0.911. The van der Waals surface area contributed by atoms with Crippen LogP contribution in [0.1, 0.15) is 46.0 Å². The predicted molar refractivity (Wildman–Crippen MR) is 80.0 cm³/mol. The van der Waals surface area contributed by atoms with Gasteiger partial charge in [-0.1, -0.05) is 20.3 Å². The van der Waals surface area contributed by atoms with Gasteiger partial charge in [-0.3, -0.25) is 4.79 Å². The molecule has 0 aromatic heterocycles. The largest absolute Gasteiger partial charge is 0.480 e. The molecule has 2 heterocycles. The number of rotatable bonds is 4. The van der Waals surface area contributed by atoms with E-state index in [2.05, 4.69) is 0 Å². The number of hydrogen-bond acceptors (Lipinski definition) is 3. The van der Waals surface area contributed by atoms with E-state index in [0.29, 0.717) is 37.9 Å². The van der Waals surface area contributed by atoms with Crippen molar-refractivity contribution in [1.29, 1.82) is 0 Å². The summed E-state index contributed by atoms with van der Waals surface area (Å²) in [4.78, 5) is 11.5. The first-order valence-corrected chi connectivity index (χ1v) is 9.25. The van der Waals surface area contributed by atoms with Crippen molar-refractivity contribution in [2.24, 2.45) is 11.8 Å². The molecule has 2 aliphatic rings. The fraction of sp³-hybridized carbons (Fsp3) is 0.929. The number of piperidine rings is 2. The lowest BCUT2D eigenvalue weighted by molar-refractivity contribution is -0.143. The molecule has 1 N–H and O–H groups in total. The van der Waals surface area contributed by atoms with E-state index in [1.807, 2.05) is 13.8 Å². The van der Waals surface area contributed by atoms with E-state index in [1.54, 1.807) is 0 Å². The van der Waals surface area contributed by atoms with Gasteiger partial charge >= 0.3 is 5.97 Å². The first-order chi connectivity index (χ1) is 9.86. The fourth-order valence-corrected chi connectivity index (χ4v) is 5.33. The van der Waals surface area contributed by atoms with E-state index < -0.39 is 22.2 Å². The molecule has 2 fully saturated rings. The molecule has 6 nitrogen and oxygen atoms in total. The Hall–Kier alpha value is -0.660. The Morgan fingerprint density at radius 3 is 2.57 bits per heavy atom. The lowest BCUT2D eigenvalue weighted by Gasteiger charge is -2.40. The zero-order valence-corrected chi connectivity index (χ0v) is 13.7. The van der Waals surface area contributed by atoms with Crippen molar-refractivity contribution in [2.45, 2.75) is 52.0 Å². The summed E-state index contributed by atoms with van der Waals surface area (Å²) in [6.45, 7) is 5.40. The van der Waals surface area contributed by atoms with Crippen molar-refractivity contribution in [1.82, 2.24) is 8.61 Å². The van der Waals surface area contributed by atoms with E-state index >= 15 is 0 Å². The third kappa shape index (κ3) is 3.57. The SMILES string of the molecule is CCC1CCN(S(=O)(=O)N2CCCC(C)C2)C(C(=O)O)C1. The standard InChI is InChI=1S/C14H26N2O4S/c1-3-12-6-8-16(13(9-12)14(17)18)21(19,20)15-7-4-5-11(2)10-15/h11-13H,3-10H2,1-2H3,(H,17,18). The summed E-state index contributed by atoms with van der Waals surface area (Å²) >= 11 is 0. The Balaban J connectivity index is 2.19. The number of hydrogen-bond donors (Lipinski definition) is 1. The molecular formula is C14H26N2O4S. The molecule has 0 aromatic carbocycles. The van der Waals surface area contributed by atoms with E-state index in [1.165, 1.54) is 8.61 Å². The van der Waals surface area contributed by atoms with Crippen molar-refractivity contribution in [3.63, 3.8) is 0 Å². The summed E-state index contributed by atoms with van der Waals surface area (Å²) in [5.41, 5.74) is 0. The summed E-state index contributed by atoms with van der Waals surface area (Å²) in [5.74, 6) is -0.385. The minimum Gasteiger partial charge on any atom is -0.480 e. The second kappa shape index (κ2) is 6.62. The van der Waals surface area contributed by atoms with Gasteiger partial charge in [0, 0.05) is 19.6 Å². The molecule has 0 spiro atoms. The third-order valence-electron chi connectivity index (χ3n) is 4.77. The highest BCUT2D eigenvalue weighted by Gasteiger charge is 2.42. The maximum atomic E-state index is 12.8. The Morgan fingerprint density at radius 2 is 2.00 bits per heavy atom. The number of nitrogens with zero attached hydrogens (tertiary/aromatic N) is 2. The molecule has 21 heavy (non-hydrogen) atoms. The molecule has 2 rings (SSSR count). The lowest BCUT2D eigenvalue weighted by atomic mass is 9.90. The van der Waals surface area contributed by atoms with Crippen molar-refractivity contribution in [3.8, 4) is 0 Å². The van der Waals surface area contributed by atoms with Gasteiger partial charge in [0.05, 0.1) is 0 Å². The third-order valence-corrected chi connectivity index (χ3v) is 6.78. The Kier molecular flexibility index (Phi) is 5.27. The Labute approximate surface area is 127 Å². The van der Waals surface area contributed by atoms with Crippen LogP contribution in [-0.2, 0) is 15.0 Å². The normalized spacial score (nSPS) is 33.0. The highest BCUT2D eigenvalue weighted by molar-refractivity contribution is 7.86. The summed E-state index contributed by atoms with van der Waals surface area (Å²) in [5, 5.41) is 9.41. The zero-order valence-electron chi connectivity index (χ0n) is 12.9. The summed E-state index contributed by atoms with van der Waals surface area (Å²) < 4.78 is 28.3. The lowest BCUT2D eigenvalue weighted by Crippen LogP contribution is -2.56. The zero-order chi connectivity index (χ0) is 15.6. The highest BCUT2D eigenvalue weighted by Crippen LogP contribution is 2.30. The molecule has 7 heteroatoms. The predicted octanol–water partition coefficient (Wildman–Crippen LogP) is 1.54. The van der Waals surface area contributed by atoms with Gasteiger partial charge < -0.3 is 5.11 Å². The number of carboxylic acid groups (broad SMARTS) is 1. The van der Waals surface area contributed by atoms with E-state index in [0.717, 1.165) is 25.7 Å². The van der Waals surface area contributed by atoms with Crippen LogP contribution in [0, 0.1) is 11.8 Å². The van der Waals surface area contributed by atoms with Gasteiger partial charge in [0.15, 0.2) is 0 Å². The number of aliphatic carboxylic acids is 1. The Morgan fingerprint density at radius 1 is 1.29 bits per heavy atom. The van der Waals surface area contributed by atoms with E-state index in [4.69, 9.17) is 0 Å². The van der Waals surface area contributed by atoms with Gasteiger partial charge in [-0.2, -0.15) is 17.0 Å². The van der Waals surface area contributed by atoms with E-state index in [9.17, 15) is 18.3 Å². The van der Waals surface area contributed by atoms with Crippen LogP contribution in [0.25, 0.3) is 0 Å². The van der Waals surface area contributed by atoms with Crippen molar-refractivity contribution < 1.29 is 18.3 Å². The van der Waals surface area contributed by atoms with Crippen LogP contribution in [0.2, 0.25) is 0 Å². The molecule has 0 aliphatic carbocycles.